The number of amides is 1. The molecule has 4 nitrogen and oxygen atoms in total. The predicted octanol–water partition coefficient (Wildman–Crippen LogP) is 4.06. The fourth-order valence-corrected chi connectivity index (χ4v) is 4.39. The van der Waals surface area contributed by atoms with Gasteiger partial charge in [0.1, 0.15) is 0 Å². The van der Waals surface area contributed by atoms with Crippen LogP contribution in [0.2, 0.25) is 0 Å². The first-order valence-electron chi connectivity index (χ1n) is 8.48. The number of hydrogen-bond acceptors (Lipinski definition) is 4. The Hall–Kier alpha value is -2.53. The minimum Gasteiger partial charge on any atom is -0.352 e. The lowest BCUT2D eigenvalue weighted by Crippen LogP contribution is -2.34. The number of hydrogen-bond donors (Lipinski definition) is 1. The Morgan fingerprint density at radius 1 is 1.12 bits per heavy atom. The van der Waals surface area contributed by atoms with Gasteiger partial charge >= 0.3 is 0 Å². The van der Waals surface area contributed by atoms with Crippen LogP contribution in [0.3, 0.4) is 0 Å². The molecule has 0 aliphatic heterocycles. The molecule has 25 heavy (non-hydrogen) atoms. The average molecular weight is 349 g/mol. The van der Waals surface area contributed by atoms with E-state index in [1.165, 1.54) is 4.70 Å². The van der Waals surface area contributed by atoms with Gasteiger partial charge in [-0.2, -0.15) is 0 Å². The molecule has 0 radical (unpaired) electrons. The summed E-state index contributed by atoms with van der Waals surface area (Å²) in [4.78, 5) is 21.6. The van der Waals surface area contributed by atoms with Crippen LogP contribution >= 0.6 is 11.3 Å². The van der Waals surface area contributed by atoms with Crippen molar-refractivity contribution in [3.05, 3.63) is 71.5 Å². The highest BCUT2D eigenvalue weighted by Gasteiger charge is 2.32. The molecule has 1 aliphatic rings. The molecule has 2 atom stereocenters. The fraction of sp³-hybridized carbons (Fsp3) is 0.250. The van der Waals surface area contributed by atoms with E-state index in [4.69, 9.17) is 4.98 Å². The first kappa shape index (κ1) is 16.0. The van der Waals surface area contributed by atoms with E-state index in [0.29, 0.717) is 6.54 Å². The first-order chi connectivity index (χ1) is 12.3. The number of thiazole rings is 1. The van der Waals surface area contributed by atoms with Gasteiger partial charge in [0.05, 0.1) is 21.1 Å². The van der Waals surface area contributed by atoms with Gasteiger partial charge in [-0.3, -0.25) is 9.78 Å². The highest BCUT2D eigenvalue weighted by molar-refractivity contribution is 7.18. The number of allylic oxidation sites excluding steroid dienone is 2. The maximum Gasteiger partial charge on any atom is 0.224 e. The van der Waals surface area contributed by atoms with E-state index in [1.807, 2.05) is 30.3 Å². The highest BCUT2D eigenvalue weighted by atomic mass is 32.1. The summed E-state index contributed by atoms with van der Waals surface area (Å²) in [7, 11) is 0. The van der Waals surface area contributed by atoms with Gasteiger partial charge < -0.3 is 5.32 Å². The van der Waals surface area contributed by atoms with Crippen LogP contribution in [-0.4, -0.2) is 15.9 Å². The molecule has 2 aromatic heterocycles. The van der Waals surface area contributed by atoms with Crippen molar-refractivity contribution in [2.75, 3.05) is 0 Å². The smallest absolute Gasteiger partial charge is 0.224 e. The van der Waals surface area contributed by atoms with Crippen molar-refractivity contribution >= 4 is 27.5 Å². The van der Waals surface area contributed by atoms with Gasteiger partial charge in [-0.1, -0.05) is 24.3 Å². The van der Waals surface area contributed by atoms with E-state index in [0.717, 1.165) is 28.9 Å². The van der Waals surface area contributed by atoms with Gasteiger partial charge in [-0.25, -0.2) is 4.98 Å². The van der Waals surface area contributed by atoms with Crippen molar-refractivity contribution in [3.63, 3.8) is 0 Å². The summed E-state index contributed by atoms with van der Waals surface area (Å²) in [5.74, 6) is 0.192. The van der Waals surface area contributed by atoms with E-state index in [9.17, 15) is 4.79 Å². The molecule has 126 valence electrons. The second-order valence-corrected chi connectivity index (χ2v) is 7.31. The van der Waals surface area contributed by atoms with E-state index in [1.54, 1.807) is 23.7 Å². The van der Waals surface area contributed by atoms with Gasteiger partial charge in [0.25, 0.3) is 0 Å². The zero-order chi connectivity index (χ0) is 17.1. The summed E-state index contributed by atoms with van der Waals surface area (Å²) in [5.41, 5.74) is 2.08. The Balaban J connectivity index is 1.52. The summed E-state index contributed by atoms with van der Waals surface area (Å²) in [6.45, 7) is 0.536. The van der Waals surface area contributed by atoms with Crippen molar-refractivity contribution in [1.29, 1.82) is 0 Å². The molecule has 0 fully saturated rings. The Morgan fingerprint density at radius 2 is 1.92 bits per heavy atom. The molecule has 3 aromatic rings. The van der Waals surface area contributed by atoms with Crippen molar-refractivity contribution in [3.8, 4) is 0 Å². The highest BCUT2D eigenvalue weighted by Crippen LogP contribution is 2.38. The Kier molecular flexibility index (Phi) is 4.57. The molecule has 0 unspecified atom stereocenters. The number of para-hydroxylation sites is 1. The molecular formula is C20H19N3OS. The summed E-state index contributed by atoms with van der Waals surface area (Å²) < 4.78 is 1.18. The van der Waals surface area contributed by atoms with Crippen molar-refractivity contribution in [2.45, 2.75) is 25.3 Å². The third kappa shape index (κ3) is 3.46. The molecule has 0 bridgehead atoms. The summed E-state index contributed by atoms with van der Waals surface area (Å²) in [5, 5.41) is 4.14. The minimum atomic E-state index is -0.0626. The first-order valence-corrected chi connectivity index (χ1v) is 9.30. The van der Waals surface area contributed by atoms with Crippen LogP contribution in [0.25, 0.3) is 10.2 Å². The quantitative estimate of drug-likeness (QED) is 0.723. The number of carbonyl (C=O) groups excluding carboxylic acids is 1. The number of fused-ring (bicyclic) bond motifs is 1. The van der Waals surface area contributed by atoms with Gasteiger partial charge in [-0.15, -0.1) is 11.3 Å². The van der Waals surface area contributed by atoms with Crippen LogP contribution in [-0.2, 0) is 11.3 Å². The van der Waals surface area contributed by atoms with E-state index >= 15 is 0 Å². The fourth-order valence-electron chi connectivity index (χ4n) is 3.25. The van der Waals surface area contributed by atoms with Gasteiger partial charge in [0.15, 0.2) is 0 Å². The molecule has 1 aliphatic carbocycles. The van der Waals surface area contributed by atoms with Gasteiger partial charge in [0.2, 0.25) is 5.91 Å². The summed E-state index contributed by atoms with van der Waals surface area (Å²) in [6.07, 6.45) is 9.41. The molecule has 1 aromatic carbocycles. The number of nitrogens with one attached hydrogen (secondary N) is 1. The number of pyridine rings is 1. The van der Waals surface area contributed by atoms with E-state index < -0.39 is 0 Å². The Labute approximate surface area is 150 Å². The summed E-state index contributed by atoms with van der Waals surface area (Å²) in [6, 6.07) is 12.0. The molecule has 4 rings (SSSR count). The maximum absolute atomic E-state index is 12.8. The lowest BCUT2D eigenvalue weighted by molar-refractivity contribution is -0.125. The molecule has 2 heterocycles. The largest absolute Gasteiger partial charge is 0.352 e. The lowest BCUT2D eigenvalue weighted by atomic mass is 9.82. The Bertz CT molecular complexity index is 870. The van der Waals surface area contributed by atoms with Crippen LogP contribution in [0.15, 0.2) is 60.9 Å². The van der Waals surface area contributed by atoms with Crippen LogP contribution in [0, 0.1) is 5.92 Å². The molecule has 5 heteroatoms. The van der Waals surface area contributed by atoms with Crippen LogP contribution in [0.1, 0.15) is 29.3 Å². The van der Waals surface area contributed by atoms with Crippen molar-refractivity contribution < 1.29 is 4.79 Å². The maximum atomic E-state index is 12.8. The average Bonchev–Trinajstić information content (AvgIpc) is 3.11. The molecule has 0 spiro atoms. The third-order valence-corrected chi connectivity index (χ3v) is 5.78. The van der Waals surface area contributed by atoms with E-state index in [2.05, 4.69) is 28.5 Å². The van der Waals surface area contributed by atoms with Crippen LogP contribution < -0.4 is 5.32 Å². The monoisotopic (exact) mass is 349 g/mol. The number of carbonyl (C=O) groups is 1. The number of rotatable bonds is 4. The number of benzene rings is 1. The Morgan fingerprint density at radius 3 is 2.76 bits per heavy atom. The van der Waals surface area contributed by atoms with Gasteiger partial charge in [0, 0.05) is 24.9 Å². The molecule has 0 saturated carbocycles. The van der Waals surface area contributed by atoms with Crippen molar-refractivity contribution in [2.24, 2.45) is 5.92 Å². The lowest BCUT2D eigenvalue weighted by Gasteiger charge is -2.26. The molecule has 1 amide bonds. The molecule has 0 saturated heterocycles. The summed E-state index contributed by atoms with van der Waals surface area (Å²) >= 11 is 1.71. The SMILES string of the molecule is O=C(NCc1ccncc1)[C@@H]1CC=CC[C@H]1c1nc2ccccc2s1. The third-order valence-electron chi connectivity index (χ3n) is 4.61. The predicted molar refractivity (Wildman–Crippen MR) is 100 cm³/mol. The zero-order valence-electron chi connectivity index (χ0n) is 13.8. The van der Waals surface area contributed by atoms with Crippen LogP contribution in [0.5, 0.6) is 0 Å². The van der Waals surface area contributed by atoms with Gasteiger partial charge in [-0.05, 0) is 42.7 Å². The zero-order valence-corrected chi connectivity index (χ0v) is 14.6. The number of aromatic nitrogens is 2. The van der Waals surface area contributed by atoms with E-state index in [-0.39, 0.29) is 17.7 Å². The number of nitrogens with zero attached hydrogens (tertiary/aromatic N) is 2. The topological polar surface area (TPSA) is 54.9 Å². The molecule has 1 N–H and O–H groups in total. The minimum absolute atomic E-state index is 0.0626. The second-order valence-electron chi connectivity index (χ2n) is 6.25. The normalized spacial score (nSPS) is 19.8. The second kappa shape index (κ2) is 7.15. The van der Waals surface area contributed by atoms with Crippen molar-refractivity contribution in [1.82, 2.24) is 15.3 Å². The molecular weight excluding hydrogens is 330 g/mol. The standard InChI is InChI=1S/C20H19N3OS/c24-19(22-13-14-9-11-21-12-10-14)15-5-1-2-6-16(15)20-23-17-7-3-4-8-18(17)25-20/h1-4,7-12,15-16H,5-6,13H2,(H,22,24)/t15-,16-/m1/s1. The van der Waals surface area contributed by atoms with Crippen LogP contribution in [0.4, 0.5) is 0 Å².